The fraction of sp³-hybridized carbons (Fsp3) is 0.867. The minimum Gasteiger partial charge on any atom is -0.481 e. The van der Waals surface area contributed by atoms with Gasteiger partial charge in [-0.2, -0.15) is 0 Å². The molecule has 0 spiro atoms. The first-order valence-corrected chi connectivity index (χ1v) is 7.95. The van der Waals surface area contributed by atoms with Crippen molar-refractivity contribution in [2.24, 2.45) is 5.41 Å². The quantitative estimate of drug-likeness (QED) is 0.678. The van der Waals surface area contributed by atoms with Crippen LogP contribution < -0.4 is 10.6 Å². The Labute approximate surface area is 125 Å². The lowest BCUT2D eigenvalue weighted by molar-refractivity contribution is -0.151. The van der Waals surface area contributed by atoms with E-state index in [1.807, 2.05) is 0 Å². The number of carboxylic acids is 1. The van der Waals surface area contributed by atoms with Crippen LogP contribution in [0, 0.1) is 5.41 Å². The molecule has 120 valence electrons. The van der Waals surface area contributed by atoms with E-state index in [0.29, 0.717) is 12.8 Å². The lowest BCUT2D eigenvalue weighted by atomic mass is 9.74. The fourth-order valence-electron chi connectivity index (χ4n) is 3.17. The second-order valence-electron chi connectivity index (χ2n) is 6.18. The number of hydrogen-bond acceptors (Lipinski definition) is 4. The number of carbonyl (C=O) groups excluding carboxylic acids is 1. The van der Waals surface area contributed by atoms with Crippen molar-refractivity contribution >= 4 is 11.9 Å². The van der Waals surface area contributed by atoms with Crippen molar-refractivity contribution in [3.63, 3.8) is 0 Å². The number of amides is 1. The highest BCUT2D eigenvalue weighted by atomic mass is 16.5. The number of nitrogens with one attached hydrogen (secondary N) is 2. The molecule has 0 unspecified atom stereocenters. The van der Waals surface area contributed by atoms with Gasteiger partial charge in [-0.25, -0.2) is 0 Å². The molecule has 0 aromatic carbocycles. The number of aliphatic carboxylic acids is 1. The molecule has 0 atom stereocenters. The van der Waals surface area contributed by atoms with Crippen molar-refractivity contribution < 1.29 is 19.4 Å². The molecule has 1 aliphatic carbocycles. The first-order chi connectivity index (χ1) is 10.1. The van der Waals surface area contributed by atoms with Crippen LogP contribution in [-0.4, -0.2) is 49.3 Å². The van der Waals surface area contributed by atoms with E-state index in [2.05, 4.69) is 10.6 Å². The molecule has 0 aromatic heterocycles. The van der Waals surface area contributed by atoms with E-state index in [0.717, 1.165) is 45.2 Å². The maximum atomic E-state index is 11.8. The summed E-state index contributed by atoms with van der Waals surface area (Å²) in [7, 11) is 0. The van der Waals surface area contributed by atoms with Crippen LogP contribution in [0.4, 0.5) is 0 Å². The van der Waals surface area contributed by atoms with Crippen LogP contribution in [-0.2, 0) is 14.3 Å². The van der Waals surface area contributed by atoms with E-state index in [-0.39, 0.29) is 25.2 Å². The summed E-state index contributed by atoms with van der Waals surface area (Å²) in [6.07, 6.45) is 6.22. The third kappa shape index (κ3) is 4.68. The minimum atomic E-state index is -0.790. The van der Waals surface area contributed by atoms with Crippen molar-refractivity contribution in [2.75, 3.05) is 26.2 Å². The summed E-state index contributed by atoms with van der Waals surface area (Å²) in [5, 5.41) is 15.4. The van der Waals surface area contributed by atoms with Crippen molar-refractivity contribution in [3.05, 3.63) is 0 Å². The number of carboxylic acid groups (broad SMARTS) is 1. The third-order valence-corrected chi connectivity index (χ3v) is 4.62. The molecule has 6 nitrogen and oxygen atoms in total. The van der Waals surface area contributed by atoms with Gasteiger partial charge < -0.3 is 20.5 Å². The molecule has 1 amide bonds. The van der Waals surface area contributed by atoms with E-state index in [9.17, 15) is 14.7 Å². The van der Waals surface area contributed by atoms with Gasteiger partial charge in [-0.3, -0.25) is 9.59 Å². The number of piperidine rings is 1. The van der Waals surface area contributed by atoms with Gasteiger partial charge in [0.25, 0.3) is 0 Å². The molecule has 1 saturated carbocycles. The summed E-state index contributed by atoms with van der Waals surface area (Å²) in [6, 6.07) is 0. The SMILES string of the molecule is O=C(COC1CCNCC1)NCC1(C(=O)O)CCCCC1. The smallest absolute Gasteiger partial charge is 0.311 e. The van der Waals surface area contributed by atoms with E-state index in [1.165, 1.54) is 0 Å². The Morgan fingerprint density at radius 2 is 1.86 bits per heavy atom. The van der Waals surface area contributed by atoms with E-state index >= 15 is 0 Å². The number of hydrogen-bond donors (Lipinski definition) is 3. The van der Waals surface area contributed by atoms with Gasteiger partial charge in [0.05, 0.1) is 11.5 Å². The lowest BCUT2D eigenvalue weighted by Gasteiger charge is -2.33. The van der Waals surface area contributed by atoms with Gasteiger partial charge in [0.15, 0.2) is 0 Å². The molecule has 2 fully saturated rings. The third-order valence-electron chi connectivity index (χ3n) is 4.62. The van der Waals surface area contributed by atoms with Crippen molar-refractivity contribution in [1.29, 1.82) is 0 Å². The summed E-state index contributed by atoms with van der Waals surface area (Å²) < 4.78 is 5.58. The Kier molecular flexibility index (Phi) is 5.99. The largest absolute Gasteiger partial charge is 0.481 e. The van der Waals surface area contributed by atoms with E-state index in [1.54, 1.807) is 0 Å². The molecule has 0 aromatic rings. The van der Waals surface area contributed by atoms with Crippen LogP contribution >= 0.6 is 0 Å². The van der Waals surface area contributed by atoms with Crippen LogP contribution in [0.5, 0.6) is 0 Å². The van der Waals surface area contributed by atoms with Crippen molar-refractivity contribution in [1.82, 2.24) is 10.6 Å². The summed E-state index contributed by atoms with van der Waals surface area (Å²) >= 11 is 0. The maximum Gasteiger partial charge on any atom is 0.311 e. The average molecular weight is 298 g/mol. The number of rotatable bonds is 6. The van der Waals surface area contributed by atoms with Gasteiger partial charge in [0, 0.05) is 6.54 Å². The zero-order valence-electron chi connectivity index (χ0n) is 12.5. The highest BCUT2D eigenvalue weighted by Crippen LogP contribution is 2.35. The molecule has 0 bridgehead atoms. The molecule has 2 rings (SSSR count). The Bertz CT molecular complexity index is 361. The van der Waals surface area contributed by atoms with Gasteiger partial charge in [0.1, 0.15) is 6.61 Å². The minimum absolute atomic E-state index is 0.0281. The molecule has 1 saturated heterocycles. The maximum absolute atomic E-state index is 11.8. The fourth-order valence-corrected chi connectivity index (χ4v) is 3.17. The van der Waals surface area contributed by atoms with Gasteiger partial charge in [-0.05, 0) is 38.8 Å². The summed E-state index contributed by atoms with van der Waals surface area (Å²) in [4.78, 5) is 23.4. The predicted molar refractivity (Wildman–Crippen MR) is 78.0 cm³/mol. The monoisotopic (exact) mass is 298 g/mol. The van der Waals surface area contributed by atoms with E-state index < -0.39 is 11.4 Å². The Balaban J connectivity index is 1.72. The molecular formula is C15H26N2O4. The Morgan fingerprint density at radius 1 is 1.19 bits per heavy atom. The first-order valence-electron chi connectivity index (χ1n) is 7.95. The molecular weight excluding hydrogens is 272 g/mol. The Morgan fingerprint density at radius 3 is 2.48 bits per heavy atom. The molecule has 0 radical (unpaired) electrons. The summed E-state index contributed by atoms with van der Waals surface area (Å²) in [5.41, 5.74) is -0.775. The van der Waals surface area contributed by atoms with Crippen LogP contribution in [0.25, 0.3) is 0 Å². The van der Waals surface area contributed by atoms with Gasteiger partial charge in [0.2, 0.25) is 5.91 Å². The second-order valence-corrected chi connectivity index (χ2v) is 6.18. The molecule has 3 N–H and O–H groups in total. The number of ether oxygens (including phenoxy) is 1. The molecule has 1 aliphatic heterocycles. The normalized spacial score (nSPS) is 22.7. The average Bonchev–Trinajstić information content (AvgIpc) is 2.52. The van der Waals surface area contributed by atoms with Crippen LogP contribution in [0.15, 0.2) is 0 Å². The number of carbonyl (C=O) groups is 2. The van der Waals surface area contributed by atoms with Crippen LogP contribution in [0.2, 0.25) is 0 Å². The zero-order valence-corrected chi connectivity index (χ0v) is 12.5. The van der Waals surface area contributed by atoms with Crippen molar-refractivity contribution in [2.45, 2.75) is 51.0 Å². The molecule has 6 heteroatoms. The highest BCUT2D eigenvalue weighted by molar-refractivity contribution is 5.79. The predicted octanol–water partition coefficient (Wildman–Crippen LogP) is 0.906. The molecule has 1 heterocycles. The lowest BCUT2D eigenvalue weighted by Crippen LogP contribution is -2.45. The van der Waals surface area contributed by atoms with Gasteiger partial charge in [-0.1, -0.05) is 19.3 Å². The van der Waals surface area contributed by atoms with Crippen LogP contribution in [0.3, 0.4) is 0 Å². The van der Waals surface area contributed by atoms with Gasteiger partial charge in [-0.15, -0.1) is 0 Å². The first kappa shape index (κ1) is 16.2. The topological polar surface area (TPSA) is 87.7 Å². The van der Waals surface area contributed by atoms with E-state index in [4.69, 9.17) is 4.74 Å². The second kappa shape index (κ2) is 7.75. The summed E-state index contributed by atoms with van der Waals surface area (Å²) in [5.74, 6) is -0.999. The Hall–Kier alpha value is -1.14. The van der Waals surface area contributed by atoms with Gasteiger partial charge >= 0.3 is 5.97 Å². The standard InChI is InChI=1S/C15H26N2O4/c18-13(10-21-12-4-8-16-9-5-12)17-11-15(14(19)20)6-2-1-3-7-15/h12,16H,1-11H2,(H,17,18)(H,19,20). The van der Waals surface area contributed by atoms with Crippen LogP contribution in [0.1, 0.15) is 44.9 Å². The summed E-state index contributed by atoms with van der Waals surface area (Å²) in [6.45, 7) is 2.10. The van der Waals surface area contributed by atoms with Crippen molar-refractivity contribution in [3.8, 4) is 0 Å². The zero-order chi connectivity index (χ0) is 15.1. The highest BCUT2D eigenvalue weighted by Gasteiger charge is 2.39. The molecule has 2 aliphatic rings. The molecule has 21 heavy (non-hydrogen) atoms.